The summed E-state index contributed by atoms with van der Waals surface area (Å²) in [4.78, 5) is 24.5. The lowest BCUT2D eigenvalue weighted by Gasteiger charge is -2.32. The van der Waals surface area contributed by atoms with E-state index in [1.807, 2.05) is 39.8 Å². The van der Waals surface area contributed by atoms with Gasteiger partial charge in [-0.3, -0.25) is 4.79 Å². The Labute approximate surface area is 233 Å². The van der Waals surface area contributed by atoms with Gasteiger partial charge in [-0.15, -0.1) is 0 Å². The number of esters is 1. The number of alkyl carbamates (subject to hydrolysis) is 1. The zero-order chi connectivity index (χ0) is 29.3. The first kappa shape index (κ1) is 33.0. The normalized spacial score (nSPS) is 35.6. The minimum atomic E-state index is -1.44. The van der Waals surface area contributed by atoms with Gasteiger partial charge in [0, 0.05) is 18.9 Å². The maximum absolute atomic E-state index is 12.6. The van der Waals surface area contributed by atoms with Crippen molar-refractivity contribution in [1.29, 1.82) is 0 Å². The number of nitrogens with one attached hydrogen (secondary N) is 1. The molecule has 39 heavy (non-hydrogen) atoms. The highest BCUT2D eigenvalue weighted by atomic mass is 16.6. The van der Waals surface area contributed by atoms with Gasteiger partial charge in [-0.25, -0.2) is 4.79 Å². The van der Waals surface area contributed by atoms with Crippen molar-refractivity contribution in [2.24, 2.45) is 17.8 Å². The molecule has 1 amide bonds. The minimum Gasteiger partial charge on any atom is -0.457 e. The molecular formula is C30H49NO8. The molecule has 0 aromatic heterocycles. The molecule has 0 aromatic rings. The highest BCUT2D eigenvalue weighted by molar-refractivity contribution is 5.70. The van der Waals surface area contributed by atoms with Crippen molar-refractivity contribution in [2.45, 2.75) is 116 Å². The quantitative estimate of drug-likeness (QED) is 0.147. The van der Waals surface area contributed by atoms with E-state index in [0.717, 1.165) is 12.0 Å². The summed E-state index contributed by atoms with van der Waals surface area (Å²) in [5, 5.41) is 33.8. The molecule has 2 rings (SSSR count). The highest BCUT2D eigenvalue weighted by Crippen LogP contribution is 2.36. The lowest BCUT2D eigenvalue weighted by atomic mass is 9.88. The van der Waals surface area contributed by atoms with E-state index in [2.05, 4.69) is 18.3 Å². The number of hydrogen-bond donors (Lipinski definition) is 4. The standard InChI is InChI=1S/C30H49NO8/c1-8-23(33)21(5)28-24(37-28)16-18(2)10-9-11-19(3)27-20(4)12-13-25(38-29(35)31-7)30(6,36)15-14-22(32)17-26(34)39-27/h9-13,18,20-25,27-28,32-33,36H,8,14-17H2,1-7H3,(H,31,35)/b10-9+,13-12+,19-11+. The Bertz CT molecular complexity index is 897. The van der Waals surface area contributed by atoms with Crippen LogP contribution in [0.15, 0.2) is 36.0 Å². The van der Waals surface area contributed by atoms with Gasteiger partial charge in [0.1, 0.15) is 11.7 Å². The van der Waals surface area contributed by atoms with Crippen molar-refractivity contribution in [3.8, 4) is 0 Å². The molecule has 2 aliphatic rings. The molecule has 0 aromatic carbocycles. The number of hydrogen-bond acceptors (Lipinski definition) is 8. The molecule has 1 fully saturated rings. The van der Waals surface area contributed by atoms with Crippen LogP contribution < -0.4 is 5.32 Å². The van der Waals surface area contributed by atoms with Crippen molar-refractivity contribution in [3.63, 3.8) is 0 Å². The average Bonchev–Trinajstić information content (AvgIpc) is 3.65. The monoisotopic (exact) mass is 551 g/mol. The van der Waals surface area contributed by atoms with Crippen LogP contribution in [0.2, 0.25) is 0 Å². The molecule has 10 atom stereocenters. The molecule has 4 N–H and O–H groups in total. The number of rotatable bonds is 9. The molecular weight excluding hydrogens is 502 g/mol. The van der Waals surface area contributed by atoms with Gasteiger partial charge in [0.25, 0.3) is 0 Å². The zero-order valence-electron chi connectivity index (χ0n) is 24.5. The first-order valence-electron chi connectivity index (χ1n) is 14.1. The first-order valence-corrected chi connectivity index (χ1v) is 14.1. The fourth-order valence-electron chi connectivity index (χ4n) is 4.96. The summed E-state index contributed by atoms with van der Waals surface area (Å²) in [6.45, 7) is 11.4. The van der Waals surface area contributed by atoms with Gasteiger partial charge < -0.3 is 34.8 Å². The fourth-order valence-corrected chi connectivity index (χ4v) is 4.96. The van der Waals surface area contributed by atoms with Crippen molar-refractivity contribution < 1.29 is 39.1 Å². The number of epoxide rings is 1. The van der Waals surface area contributed by atoms with Gasteiger partial charge in [0.05, 0.1) is 30.8 Å². The van der Waals surface area contributed by atoms with Crippen molar-refractivity contribution >= 4 is 12.1 Å². The summed E-state index contributed by atoms with van der Waals surface area (Å²) in [5.74, 6) is -0.443. The molecule has 10 unspecified atom stereocenters. The molecule has 0 spiro atoms. The van der Waals surface area contributed by atoms with Gasteiger partial charge >= 0.3 is 12.1 Å². The van der Waals surface area contributed by atoms with Crippen LogP contribution in [0.3, 0.4) is 0 Å². The van der Waals surface area contributed by atoms with Crippen LogP contribution in [0.25, 0.3) is 0 Å². The van der Waals surface area contributed by atoms with E-state index in [-0.39, 0.29) is 55.3 Å². The number of aliphatic hydroxyl groups excluding tert-OH is 2. The van der Waals surface area contributed by atoms with Crippen molar-refractivity contribution in [2.75, 3.05) is 7.05 Å². The maximum atomic E-state index is 12.6. The molecule has 0 saturated carbocycles. The molecule has 2 heterocycles. The van der Waals surface area contributed by atoms with Crippen LogP contribution >= 0.6 is 0 Å². The van der Waals surface area contributed by atoms with Crippen molar-refractivity contribution in [1.82, 2.24) is 5.32 Å². The van der Waals surface area contributed by atoms with E-state index >= 15 is 0 Å². The van der Waals surface area contributed by atoms with Crippen LogP contribution in [0.4, 0.5) is 4.79 Å². The molecule has 2 aliphatic heterocycles. The largest absolute Gasteiger partial charge is 0.457 e. The number of carbonyl (C=O) groups excluding carboxylic acids is 2. The van der Waals surface area contributed by atoms with E-state index in [4.69, 9.17) is 14.2 Å². The summed E-state index contributed by atoms with van der Waals surface area (Å²) >= 11 is 0. The SMILES string of the molecule is CCC(O)C(C)C1OC1CC(C)/C=C/C=C(\C)C1OC(=O)CC(O)CCC(C)(O)C(OC(=O)NC)/C=C/C1C. The van der Waals surface area contributed by atoms with E-state index < -0.39 is 36.0 Å². The smallest absolute Gasteiger partial charge is 0.407 e. The van der Waals surface area contributed by atoms with E-state index in [9.17, 15) is 24.9 Å². The van der Waals surface area contributed by atoms with Gasteiger partial charge in [-0.1, -0.05) is 52.0 Å². The summed E-state index contributed by atoms with van der Waals surface area (Å²) in [6, 6.07) is 0. The van der Waals surface area contributed by atoms with E-state index in [0.29, 0.717) is 6.42 Å². The van der Waals surface area contributed by atoms with E-state index in [1.165, 1.54) is 7.05 Å². The Balaban J connectivity index is 2.14. The third-order valence-corrected chi connectivity index (χ3v) is 7.78. The maximum Gasteiger partial charge on any atom is 0.407 e. The molecule has 9 nitrogen and oxygen atoms in total. The Morgan fingerprint density at radius 2 is 2.03 bits per heavy atom. The van der Waals surface area contributed by atoms with Crippen LogP contribution in [-0.4, -0.2) is 76.7 Å². The number of amides is 1. The Morgan fingerprint density at radius 3 is 2.67 bits per heavy atom. The van der Waals surface area contributed by atoms with Crippen molar-refractivity contribution in [3.05, 3.63) is 36.0 Å². The number of carbonyl (C=O) groups is 2. The Morgan fingerprint density at radius 1 is 1.33 bits per heavy atom. The molecule has 0 bridgehead atoms. The van der Waals surface area contributed by atoms with Crippen LogP contribution in [0, 0.1) is 17.8 Å². The topological polar surface area (TPSA) is 138 Å². The summed E-state index contributed by atoms with van der Waals surface area (Å²) in [5.41, 5.74) is -0.630. The highest BCUT2D eigenvalue weighted by Gasteiger charge is 2.45. The number of aliphatic hydroxyl groups is 3. The second-order valence-corrected chi connectivity index (χ2v) is 11.5. The molecule has 9 heteroatoms. The van der Waals surface area contributed by atoms with Gasteiger partial charge in [0.2, 0.25) is 0 Å². The Kier molecular flexibility index (Phi) is 12.7. The number of cyclic esters (lactones) is 1. The number of ether oxygens (including phenoxy) is 3. The van der Waals surface area contributed by atoms with Gasteiger partial charge in [0.15, 0.2) is 6.10 Å². The lowest BCUT2D eigenvalue weighted by Crippen LogP contribution is -2.43. The average molecular weight is 552 g/mol. The van der Waals surface area contributed by atoms with Crippen LogP contribution in [0.5, 0.6) is 0 Å². The second-order valence-electron chi connectivity index (χ2n) is 11.5. The third-order valence-electron chi connectivity index (χ3n) is 7.78. The minimum absolute atomic E-state index is 0.101. The predicted octanol–water partition coefficient (Wildman–Crippen LogP) is 3.81. The van der Waals surface area contributed by atoms with Gasteiger partial charge in [-0.05, 0) is 57.1 Å². The lowest BCUT2D eigenvalue weighted by molar-refractivity contribution is -0.151. The first-order chi connectivity index (χ1) is 18.3. The molecule has 0 radical (unpaired) electrons. The molecule has 222 valence electrons. The second kappa shape index (κ2) is 15.0. The Hall–Kier alpha value is -2.20. The summed E-state index contributed by atoms with van der Waals surface area (Å²) < 4.78 is 17.0. The molecule has 1 saturated heterocycles. The summed E-state index contributed by atoms with van der Waals surface area (Å²) in [7, 11) is 1.44. The summed E-state index contributed by atoms with van der Waals surface area (Å²) in [6.07, 6.45) is 7.62. The third kappa shape index (κ3) is 10.4. The van der Waals surface area contributed by atoms with Gasteiger partial charge in [-0.2, -0.15) is 0 Å². The predicted molar refractivity (Wildman–Crippen MR) is 149 cm³/mol. The number of allylic oxidation sites excluding steroid dienone is 3. The van der Waals surface area contributed by atoms with E-state index in [1.54, 1.807) is 19.1 Å². The molecule has 0 aliphatic carbocycles. The fraction of sp³-hybridized carbons (Fsp3) is 0.733. The van der Waals surface area contributed by atoms with Crippen LogP contribution in [-0.2, 0) is 19.0 Å². The van der Waals surface area contributed by atoms with Crippen LogP contribution in [0.1, 0.15) is 73.6 Å². The zero-order valence-corrected chi connectivity index (χ0v) is 24.5.